The number of rotatable bonds is 6. The van der Waals surface area contributed by atoms with E-state index in [0.717, 1.165) is 5.56 Å². The lowest BCUT2D eigenvalue weighted by Crippen LogP contribution is -2.35. The molecule has 27 heavy (non-hydrogen) atoms. The molecule has 0 saturated carbocycles. The molecule has 0 fully saturated rings. The fourth-order valence-corrected chi connectivity index (χ4v) is 2.41. The van der Waals surface area contributed by atoms with Crippen molar-refractivity contribution in [1.82, 2.24) is 5.32 Å². The van der Waals surface area contributed by atoms with E-state index in [2.05, 4.69) is 10.6 Å². The largest absolute Gasteiger partial charge is 0.451 e. The second-order valence-corrected chi connectivity index (χ2v) is 6.64. The maximum absolute atomic E-state index is 12.2. The maximum atomic E-state index is 12.2. The van der Waals surface area contributed by atoms with E-state index >= 15 is 0 Å². The summed E-state index contributed by atoms with van der Waals surface area (Å²) in [5.41, 5.74) is 1.71. The molecule has 0 aliphatic carbocycles. The number of halogens is 2. The first-order chi connectivity index (χ1) is 12.8. The normalized spacial score (nSPS) is 11.4. The molecule has 0 aliphatic heterocycles. The molecular weight excluding hydrogens is 391 g/mol. The van der Waals surface area contributed by atoms with Crippen LogP contribution in [0, 0.1) is 6.92 Å². The van der Waals surface area contributed by atoms with Crippen LogP contribution in [0.1, 0.15) is 22.8 Å². The summed E-state index contributed by atoms with van der Waals surface area (Å²) in [5.74, 6) is -1.68. The van der Waals surface area contributed by atoms with Gasteiger partial charge in [0.15, 0.2) is 6.10 Å². The van der Waals surface area contributed by atoms with Crippen LogP contribution < -0.4 is 10.6 Å². The molecule has 1 atom stereocenters. The van der Waals surface area contributed by atoms with E-state index in [1.54, 1.807) is 30.3 Å². The third-order valence-corrected chi connectivity index (χ3v) is 4.12. The summed E-state index contributed by atoms with van der Waals surface area (Å²) in [5, 5.41) is 6.05. The molecule has 0 aromatic heterocycles. The van der Waals surface area contributed by atoms with Crippen molar-refractivity contribution in [3.8, 4) is 0 Å². The van der Waals surface area contributed by atoms with Crippen molar-refractivity contribution in [2.24, 2.45) is 0 Å². The van der Waals surface area contributed by atoms with Gasteiger partial charge in [-0.05, 0) is 55.8 Å². The van der Waals surface area contributed by atoms with Crippen LogP contribution in [0.2, 0.25) is 10.0 Å². The Morgan fingerprint density at radius 3 is 2.33 bits per heavy atom. The van der Waals surface area contributed by atoms with E-state index in [4.69, 9.17) is 27.9 Å². The van der Waals surface area contributed by atoms with Gasteiger partial charge in [-0.3, -0.25) is 14.4 Å². The zero-order valence-corrected chi connectivity index (χ0v) is 16.2. The SMILES string of the molecule is Cc1ccc(Cl)cc1NC(=O)[C@H](C)OC(=O)CNC(=O)c1ccc(Cl)cc1. The zero-order valence-electron chi connectivity index (χ0n) is 14.7. The third-order valence-electron chi connectivity index (χ3n) is 3.63. The Balaban J connectivity index is 1.83. The lowest BCUT2D eigenvalue weighted by atomic mass is 10.2. The van der Waals surface area contributed by atoms with Crippen molar-refractivity contribution < 1.29 is 19.1 Å². The summed E-state index contributed by atoms with van der Waals surface area (Å²) in [6, 6.07) is 11.3. The summed E-state index contributed by atoms with van der Waals surface area (Å²) >= 11 is 11.7. The topological polar surface area (TPSA) is 84.5 Å². The molecule has 142 valence electrons. The minimum Gasteiger partial charge on any atom is -0.451 e. The van der Waals surface area contributed by atoms with Gasteiger partial charge in [-0.2, -0.15) is 0 Å². The van der Waals surface area contributed by atoms with Gasteiger partial charge in [0.1, 0.15) is 6.54 Å². The fraction of sp³-hybridized carbons (Fsp3) is 0.211. The number of carbonyl (C=O) groups is 3. The highest BCUT2D eigenvalue weighted by Gasteiger charge is 2.19. The average Bonchev–Trinajstić information content (AvgIpc) is 2.63. The molecule has 0 heterocycles. The molecule has 0 radical (unpaired) electrons. The number of hydrogen-bond donors (Lipinski definition) is 2. The zero-order chi connectivity index (χ0) is 20.0. The van der Waals surface area contributed by atoms with Gasteiger partial charge in [-0.25, -0.2) is 0 Å². The van der Waals surface area contributed by atoms with Crippen LogP contribution in [-0.4, -0.2) is 30.4 Å². The number of amides is 2. The van der Waals surface area contributed by atoms with Gasteiger partial charge in [0, 0.05) is 21.3 Å². The second-order valence-electron chi connectivity index (χ2n) is 5.77. The minimum atomic E-state index is -1.04. The number of esters is 1. The van der Waals surface area contributed by atoms with E-state index in [-0.39, 0.29) is 6.54 Å². The fourth-order valence-electron chi connectivity index (χ4n) is 2.11. The van der Waals surface area contributed by atoms with E-state index in [0.29, 0.717) is 21.3 Å². The molecular formula is C19H18Cl2N2O4. The molecule has 2 aromatic rings. The van der Waals surface area contributed by atoms with E-state index < -0.39 is 23.9 Å². The Morgan fingerprint density at radius 2 is 1.67 bits per heavy atom. The number of ether oxygens (including phenoxy) is 1. The van der Waals surface area contributed by atoms with Crippen LogP contribution in [0.4, 0.5) is 5.69 Å². The summed E-state index contributed by atoms with van der Waals surface area (Å²) in [7, 11) is 0. The first-order valence-corrected chi connectivity index (χ1v) is 8.82. The molecule has 2 rings (SSSR count). The number of aryl methyl sites for hydroxylation is 1. The lowest BCUT2D eigenvalue weighted by molar-refractivity contribution is -0.152. The molecule has 0 bridgehead atoms. The first-order valence-electron chi connectivity index (χ1n) is 8.06. The Hall–Kier alpha value is -2.57. The summed E-state index contributed by atoms with van der Waals surface area (Å²) in [4.78, 5) is 36.0. The highest BCUT2D eigenvalue weighted by atomic mass is 35.5. The molecule has 0 aliphatic rings. The van der Waals surface area contributed by atoms with Crippen LogP contribution in [0.25, 0.3) is 0 Å². The number of carbonyl (C=O) groups excluding carboxylic acids is 3. The minimum absolute atomic E-state index is 0.356. The Morgan fingerprint density at radius 1 is 1.04 bits per heavy atom. The predicted molar refractivity (Wildman–Crippen MR) is 104 cm³/mol. The highest BCUT2D eigenvalue weighted by molar-refractivity contribution is 6.31. The number of benzene rings is 2. The van der Waals surface area contributed by atoms with Crippen LogP contribution >= 0.6 is 23.2 Å². The summed E-state index contributed by atoms with van der Waals surface area (Å²) < 4.78 is 5.04. The first kappa shape index (κ1) is 20.7. The van der Waals surface area contributed by atoms with Crippen LogP contribution in [0.5, 0.6) is 0 Å². The van der Waals surface area contributed by atoms with Crippen molar-refractivity contribution >= 4 is 46.7 Å². The molecule has 0 saturated heterocycles. The molecule has 2 aromatic carbocycles. The number of hydrogen-bond acceptors (Lipinski definition) is 4. The van der Waals surface area contributed by atoms with Gasteiger partial charge < -0.3 is 15.4 Å². The van der Waals surface area contributed by atoms with E-state index in [1.807, 2.05) is 6.92 Å². The van der Waals surface area contributed by atoms with Crippen molar-refractivity contribution in [2.45, 2.75) is 20.0 Å². The van der Waals surface area contributed by atoms with Crippen molar-refractivity contribution in [2.75, 3.05) is 11.9 Å². The Kier molecular flexibility index (Phi) is 7.21. The summed E-state index contributed by atoms with van der Waals surface area (Å²) in [6.07, 6.45) is -1.04. The molecule has 0 unspecified atom stereocenters. The van der Waals surface area contributed by atoms with E-state index in [9.17, 15) is 14.4 Å². The quantitative estimate of drug-likeness (QED) is 0.714. The smallest absolute Gasteiger partial charge is 0.326 e. The van der Waals surface area contributed by atoms with Crippen LogP contribution in [-0.2, 0) is 14.3 Å². The standard InChI is InChI=1S/C19H18Cl2N2O4/c1-11-3-6-15(21)9-16(11)23-18(25)12(2)27-17(24)10-22-19(26)13-4-7-14(20)8-5-13/h3-9,12H,10H2,1-2H3,(H,22,26)(H,23,25)/t12-/m0/s1. The third kappa shape index (κ3) is 6.27. The van der Waals surface area contributed by atoms with Gasteiger partial charge >= 0.3 is 5.97 Å². The van der Waals surface area contributed by atoms with Crippen molar-refractivity contribution in [3.63, 3.8) is 0 Å². The molecule has 6 nitrogen and oxygen atoms in total. The van der Waals surface area contributed by atoms with Crippen LogP contribution in [0.15, 0.2) is 42.5 Å². The second kappa shape index (κ2) is 9.39. The van der Waals surface area contributed by atoms with Gasteiger partial charge in [0.2, 0.25) is 0 Å². The lowest BCUT2D eigenvalue weighted by Gasteiger charge is -2.15. The predicted octanol–water partition coefficient (Wildman–Crippen LogP) is 3.60. The molecule has 8 heteroatoms. The van der Waals surface area contributed by atoms with E-state index in [1.165, 1.54) is 19.1 Å². The van der Waals surface area contributed by atoms with Gasteiger partial charge in [0.05, 0.1) is 0 Å². The highest BCUT2D eigenvalue weighted by Crippen LogP contribution is 2.20. The van der Waals surface area contributed by atoms with Gasteiger partial charge in [-0.1, -0.05) is 29.3 Å². The van der Waals surface area contributed by atoms with Crippen LogP contribution in [0.3, 0.4) is 0 Å². The maximum Gasteiger partial charge on any atom is 0.326 e. The monoisotopic (exact) mass is 408 g/mol. The molecule has 0 spiro atoms. The number of nitrogens with one attached hydrogen (secondary N) is 2. The molecule has 2 N–H and O–H groups in total. The van der Waals surface area contributed by atoms with Gasteiger partial charge in [-0.15, -0.1) is 0 Å². The molecule has 2 amide bonds. The summed E-state index contributed by atoms with van der Waals surface area (Å²) in [6.45, 7) is 2.89. The van der Waals surface area contributed by atoms with Crippen molar-refractivity contribution in [3.05, 3.63) is 63.6 Å². The Labute approximate surface area is 166 Å². The Bertz CT molecular complexity index is 853. The number of anilines is 1. The van der Waals surface area contributed by atoms with Crippen molar-refractivity contribution in [1.29, 1.82) is 0 Å². The van der Waals surface area contributed by atoms with Gasteiger partial charge in [0.25, 0.3) is 11.8 Å². The average molecular weight is 409 g/mol.